The molecule has 1 aromatic carbocycles. The van der Waals surface area contributed by atoms with Crippen molar-refractivity contribution in [2.75, 3.05) is 5.32 Å². The predicted molar refractivity (Wildman–Crippen MR) is 105 cm³/mol. The number of hydrogen-bond acceptors (Lipinski definition) is 5. The van der Waals surface area contributed by atoms with Crippen molar-refractivity contribution in [1.82, 2.24) is 14.8 Å². The summed E-state index contributed by atoms with van der Waals surface area (Å²) in [6, 6.07) is 13.5. The molecule has 0 atom stereocenters. The van der Waals surface area contributed by atoms with Gasteiger partial charge in [0.1, 0.15) is 5.82 Å². The van der Waals surface area contributed by atoms with Gasteiger partial charge in [0.05, 0.1) is 29.8 Å². The van der Waals surface area contributed by atoms with Gasteiger partial charge in [0.2, 0.25) is 5.91 Å². The number of carbonyl (C=O) groups excluding carboxylic acids is 1. The van der Waals surface area contributed by atoms with E-state index in [2.05, 4.69) is 15.4 Å². The first kappa shape index (κ1) is 17.2. The smallest absolute Gasteiger partial charge is 0.231 e. The van der Waals surface area contributed by atoms with Crippen LogP contribution in [0.4, 0.5) is 5.82 Å². The Morgan fingerprint density at radius 3 is 2.78 bits per heavy atom. The Balaban J connectivity index is 1.49. The molecule has 0 saturated carbocycles. The van der Waals surface area contributed by atoms with Crippen LogP contribution in [0.1, 0.15) is 17.0 Å². The lowest BCUT2D eigenvalue weighted by molar-refractivity contribution is -0.115. The molecule has 0 unspecified atom stereocenters. The molecule has 27 heavy (non-hydrogen) atoms. The Labute approximate surface area is 160 Å². The molecule has 3 aromatic heterocycles. The van der Waals surface area contributed by atoms with Gasteiger partial charge in [-0.2, -0.15) is 5.10 Å². The lowest BCUT2D eigenvalue weighted by Gasteiger charge is -2.08. The highest BCUT2D eigenvalue weighted by Gasteiger charge is 2.14. The summed E-state index contributed by atoms with van der Waals surface area (Å²) in [5.41, 5.74) is 3.61. The van der Waals surface area contributed by atoms with Crippen LogP contribution in [0.5, 0.6) is 0 Å². The number of carbonyl (C=O) groups is 1. The third kappa shape index (κ3) is 3.83. The van der Waals surface area contributed by atoms with Crippen molar-refractivity contribution in [2.24, 2.45) is 0 Å². The number of rotatable bonds is 5. The number of furan rings is 1. The summed E-state index contributed by atoms with van der Waals surface area (Å²) in [5.74, 6) is 1.21. The number of aromatic nitrogens is 3. The van der Waals surface area contributed by atoms with Gasteiger partial charge >= 0.3 is 0 Å². The third-order valence-electron chi connectivity index (χ3n) is 4.00. The molecular formula is C20H18N4O2S. The monoisotopic (exact) mass is 378 g/mol. The van der Waals surface area contributed by atoms with Crippen LogP contribution in [0.25, 0.3) is 16.5 Å². The lowest BCUT2D eigenvalue weighted by atomic mass is 10.2. The van der Waals surface area contributed by atoms with Crippen LogP contribution in [-0.2, 0) is 11.2 Å². The van der Waals surface area contributed by atoms with Gasteiger partial charge in [-0.25, -0.2) is 9.67 Å². The molecule has 4 aromatic rings. The van der Waals surface area contributed by atoms with Gasteiger partial charge in [-0.05, 0) is 38.1 Å². The minimum Gasteiger partial charge on any atom is -0.462 e. The molecule has 0 bridgehead atoms. The van der Waals surface area contributed by atoms with Crippen LogP contribution in [-0.4, -0.2) is 20.7 Å². The molecule has 6 nitrogen and oxygen atoms in total. The van der Waals surface area contributed by atoms with E-state index in [1.807, 2.05) is 61.7 Å². The maximum absolute atomic E-state index is 12.5. The largest absolute Gasteiger partial charge is 0.462 e. The zero-order valence-corrected chi connectivity index (χ0v) is 15.8. The van der Waals surface area contributed by atoms with Gasteiger partial charge in [0.25, 0.3) is 0 Å². The fourth-order valence-electron chi connectivity index (χ4n) is 2.72. The zero-order chi connectivity index (χ0) is 18.8. The van der Waals surface area contributed by atoms with Gasteiger partial charge in [-0.1, -0.05) is 17.7 Å². The average Bonchev–Trinajstić information content (AvgIpc) is 3.37. The quantitative estimate of drug-likeness (QED) is 0.559. The fraction of sp³-hybridized carbons (Fsp3) is 0.150. The molecule has 4 rings (SSSR count). The first-order valence-electron chi connectivity index (χ1n) is 8.50. The predicted octanol–water partition coefficient (Wildman–Crippen LogP) is 4.39. The van der Waals surface area contributed by atoms with Crippen molar-refractivity contribution >= 4 is 23.1 Å². The van der Waals surface area contributed by atoms with Crippen molar-refractivity contribution in [2.45, 2.75) is 20.3 Å². The second kappa shape index (κ2) is 7.20. The molecule has 0 aliphatic rings. The van der Waals surface area contributed by atoms with E-state index in [0.717, 1.165) is 16.4 Å². The molecule has 136 valence electrons. The molecule has 1 amide bonds. The minimum atomic E-state index is -0.139. The van der Waals surface area contributed by atoms with Crippen LogP contribution in [0.3, 0.4) is 0 Å². The number of hydrogen-bond donors (Lipinski definition) is 1. The van der Waals surface area contributed by atoms with Crippen molar-refractivity contribution in [3.05, 3.63) is 71.1 Å². The van der Waals surface area contributed by atoms with Crippen LogP contribution < -0.4 is 5.32 Å². The van der Waals surface area contributed by atoms with Crippen LogP contribution in [0.2, 0.25) is 0 Å². The van der Waals surface area contributed by atoms with Crippen LogP contribution in [0.15, 0.2) is 58.5 Å². The Morgan fingerprint density at radius 1 is 1.22 bits per heavy atom. The van der Waals surface area contributed by atoms with E-state index in [9.17, 15) is 4.79 Å². The topological polar surface area (TPSA) is 73.0 Å². The van der Waals surface area contributed by atoms with Gasteiger partial charge in [-0.3, -0.25) is 4.79 Å². The minimum absolute atomic E-state index is 0.139. The van der Waals surface area contributed by atoms with E-state index >= 15 is 0 Å². The Morgan fingerprint density at radius 2 is 2.04 bits per heavy atom. The number of nitrogens with one attached hydrogen (secondary N) is 1. The van der Waals surface area contributed by atoms with E-state index in [1.165, 1.54) is 16.9 Å². The molecule has 1 N–H and O–H groups in total. The highest BCUT2D eigenvalue weighted by molar-refractivity contribution is 7.13. The van der Waals surface area contributed by atoms with E-state index in [-0.39, 0.29) is 12.3 Å². The SMILES string of the molecule is Cc1ccc(-n2nc(C)cc2NC(=O)Cc2csc(-c3ccco3)n2)cc1. The standard InChI is InChI=1S/C20H18N4O2S/c1-13-5-7-16(8-6-13)24-18(10-14(2)23-24)22-19(25)11-15-12-27-20(21-15)17-4-3-9-26-17/h3-10,12H,11H2,1-2H3,(H,22,25). The van der Waals surface area contributed by atoms with E-state index in [1.54, 1.807) is 10.9 Å². The molecule has 0 aliphatic heterocycles. The molecular weight excluding hydrogens is 360 g/mol. The van der Waals surface area contributed by atoms with E-state index in [0.29, 0.717) is 17.3 Å². The summed E-state index contributed by atoms with van der Waals surface area (Å²) in [7, 11) is 0. The molecule has 3 heterocycles. The summed E-state index contributed by atoms with van der Waals surface area (Å²) >= 11 is 1.46. The highest BCUT2D eigenvalue weighted by Crippen LogP contribution is 2.24. The molecule has 0 fully saturated rings. The highest BCUT2D eigenvalue weighted by atomic mass is 32.1. The van der Waals surface area contributed by atoms with Crippen molar-refractivity contribution < 1.29 is 9.21 Å². The average molecular weight is 378 g/mol. The number of aryl methyl sites for hydroxylation is 2. The maximum Gasteiger partial charge on any atom is 0.231 e. The molecule has 0 radical (unpaired) electrons. The van der Waals surface area contributed by atoms with Crippen molar-refractivity contribution in [1.29, 1.82) is 0 Å². The van der Waals surface area contributed by atoms with Gasteiger partial charge in [-0.15, -0.1) is 11.3 Å². The van der Waals surface area contributed by atoms with Gasteiger partial charge < -0.3 is 9.73 Å². The van der Waals surface area contributed by atoms with Crippen LogP contribution >= 0.6 is 11.3 Å². The normalized spacial score (nSPS) is 10.9. The number of benzene rings is 1. The fourth-order valence-corrected chi connectivity index (χ4v) is 3.51. The lowest BCUT2D eigenvalue weighted by Crippen LogP contribution is -2.17. The third-order valence-corrected chi connectivity index (χ3v) is 4.91. The molecule has 0 saturated heterocycles. The Kier molecular flexibility index (Phi) is 4.60. The first-order chi connectivity index (χ1) is 13.1. The summed E-state index contributed by atoms with van der Waals surface area (Å²) in [5, 5.41) is 10.1. The molecule has 0 spiro atoms. The Hall–Kier alpha value is -3.19. The molecule has 7 heteroatoms. The first-order valence-corrected chi connectivity index (χ1v) is 9.38. The van der Waals surface area contributed by atoms with Crippen LogP contribution in [0, 0.1) is 13.8 Å². The summed E-state index contributed by atoms with van der Waals surface area (Å²) in [6.07, 6.45) is 1.80. The second-order valence-electron chi connectivity index (χ2n) is 6.26. The molecule has 0 aliphatic carbocycles. The number of anilines is 1. The number of thiazole rings is 1. The summed E-state index contributed by atoms with van der Waals surface area (Å²) in [4.78, 5) is 17.0. The van der Waals surface area contributed by atoms with Gasteiger partial charge in [0.15, 0.2) is 10.8 Å². The maximum atomic E-state index is 12.5. The number of amides is 1. The van der Waals surface area contributed by atoms with Crippen molar-refractivity contribution in [3.8, 4) is 16.5 Å². The van der Waals surface area contributed by atoms with E-state index in [4.69, 9.17) is 4.42 Å². The van der Waals surface area contributed by atoms with Crippen molar-refractivity contribution in [3.63, 3.8) is 0 Å². The van der Waals surface area contributed by atoms with E-state index < -0.39 is 0 Å². The zero-order valence-electron chi connectivity index (χ0n) is 15.0. The number of nitrogens with zero attached hydrogens (tertiary/aromatic N) is 3. The second-order valence-corrected chi connectivity index (χ2v) is 7.12. The summed E-state index contributed by atoms with van der Waals surface area (Å²) < 4.78 is 7.08. The van der Waals surface area contributed by atoms with Gasteiger partial charge in [0, 0.05) is 11.4 Å². The Bertz CT molecular complexity index is 1060. The summed E-state index contributed by atoms with van der Waals surface area (Å²) in [6.45, 7) is 3.93.